The van der Waals surface area contributed by atoms with E-state index in [4.69, 9.17) is 14.6 Å². The van der Waals surface area contributed by atoms with E-state index in [1.165, 1.54) is 22.7 Å². The summed E-state index contributed by atoms with van der Waals surface area (Å²) in [6.07, 6.45) is 4.79. The van der Waals surface area contributed by atoms with Crippen molar-refractivity contribution in [1.29, 1.82) is 0 Å². The molecule has 0 spiro atoms. The number of hydrogen-bond donors (Lipinski definition) is 1. The van der Waals surface area contributed by atoms with Crippen LogP contribution in [0.3, 0.4) is 0 Å². The zero-order valence-corrected chi connectivity index (χ0v) is 15.1. The van der Waals surface area contributed by atoms with Gasteiger partial charge in [0, 0.05) is 17.3 Å². The maximum atomic E-state index is 12.6. The largest absolute Gasteiger partial charge is 0.497 e. The summed E-state index contributed by atoms with van der Waals surface area (Å²) in [4.78, 5) is 28.2. The van der Waals surface area contributed by atoms with Crippen molar-refractivity contribution in [3.05, 3.63) is 69.3 Å². The predicted molar refractivity (Wildman–Crippen MR) is 102 cm³/mol. The molecule has 2 aromatic heterocycles. The van der Waals surface area contributed by atoms with Gasteiger partial charge in [0.1, 0.15) is 17.1 Å². The van der Waals surface area contributed by atoms with Crippen LogP contribution in [-0.4, -0.2) is 34.7 Å². The van der Waals surface area contributed by atoms with Gasteiger partial charge in [-0.1, -0.05) is 0 Å². The lowest BCUT2D eigenvalue weighted by Gasteiger charge is -2.08. The summed E-state index contributed by atoms with van der Waals surface area (Å²) >= 11 is 0. The topological polar surface area (TPSA) is 90.1 Å². The fraction of sp³-hybridized carbons (Fsp3) is 0.150. The molecule has 0 aliphatic heterocycles. The molecule has 0 radical (unpaired) electrons. The molecule has 7 heteroatoms. The van der Waals surface area contributed by atoms with Gasteiger partial charge < -0.3 is 14.6 Å². The molecule has 0 unspecified atom stereocenters. The van der Waals surface area contributed by atoms with E-state index in [0.29, 0.717) is 28.4 Å². The van der Waals surface area contributed by atoms with Gasteiger partial charge in [-0.2, -0.15) is 0 Å². The predicted octanol–water partition coefficient (Wildman–Crippen LogP) is 2.89. The number of methoxy groups -OCH3 is 2. The first kappa shape index (κ1) is 18.2. The summed E-state index contributed by atoms with van der Waals surface area (Å²) in [7, 11) is 3.15. The number of carboxylic acids is 1. The summed E-state index contributed by atoms with van der Waals surface area (Å²) in [5.74, 6) is 0.240. The number of benzene rings is 1. The minimum absolute atomic E-state index is 0.0233. The summed E-state index contributed by atoms with van der Waals surface area (Å²) in [6, 6.07) is 8.33. The summed E-state index contributed by atoms with van der Waals surface area (Å²) in [5, 5.41) is 9.09. The molecule has 0 saturated carbocycles. The van der Waals surface area contributed by atoms with Gasteiger partial charge >= 0.3 is 5.97 Å². The number of carboxylic acid groups (broad SMARTS) is 1. The first-order valence-corrected chi connectivity index (χ1v) is 8.11. The van der Waals surface area contributed by atoms with Gasteiger partial charge in [-0.05, 0) is 49.4 Å². The summed E-state index contributed by atoms with van der Waals surface area (Å²) < 4.78 is 11.8. The molecule has 7 nitrogen and oxygen atoms in total. The Morgan fingerprint density at radius 1 is 1.15 bits per heavy atom. The van der Waals surface area contributed by atoms with Gasteiger partial charge in [-0.25, -0.2) is 9.78 Å². The van der Waals surface area contributed by atoms with Crippen LogP contribution in [0.4, 0.5) is 0 Å². The van der Waals surface area contributed by atoms with Gasteiger partial charge in [0.25, 0.3) is 5.56 Å². The van der Waals surface area contributed by atoms with Crippen LogP contribution in [0.1, 0.15) is 27.2 Å². The Morgan fingerprint density at radius 3 is 2.59 bits per heavy atom. The lowest BCUT2D eigenvalue weighted by molar-refractivity contribution is 0.0696. The zero-order chi connectivity index (χ0) is 19.6. The molecule has 1 N–H and O–H groups in total. The first-order valence-electron chi connectivity index (χ1n) is 8.11. The van der Waals surface area contributed by atoms with Gasteiger partial charge in [0.2, 0.25) is 0 Å². The summed E-state index contributed by atoms with van der Waals surface area (Å²) in [6.45, 7) is 1.65. The van der Waals surface area contributed by atoms with E-state index in [9.17, 15) is 9.59 Å². The molecule has 3 rings (SSSR count). The molecule has 0 saturated heterocycles. The molecular weight excluding hydrogens is 348 g/mol. The first-order chi connectivity index (χ1) is 12.9. The zero-order valence-electron chi connectivity index (χ0n) is 15.1. The second-order valence-electron chi connectivity index (χ2n) is 5.82. The van der Waals surface area contributed by atoms with Gasteiger partial charge in [0.15, 0.2) is 0 Å². The van der Waals surface area contributed by atoms with Crippen molar-refractivity contribution >= 4 is 23.8 Å². The smallest absolute Gasteiger partial charge is 0.337 e. The number of aromatic carboxylic acids is 1. The van der Waals surface area contributed by atoms with Gasteiger partial charge in [-0.15, -0.1) is 0 Å². The molecule has 1 aromatic carbocycles. The maximum Gasteiger partial charge on any atom is 0.337 e. The Hall–Kier alpha value is -3.61. The lowest BCUT2D eigenvalue weighted by Crippen LogP contribution is -2.20. The molecular formula is C20H18N2O5. The van der Waals surface area contributed by atoms with Gasteiger partial charge in [-0.3, -0.25) is 9.20 Å². The quantitative estimate of drug-likeness (QED) is 0.747. The van der Waals surface area contributed by atoms with Crippen LogP contribution < -0.4 is 15.0 Å². The van der Waals surface area contributed by atoms with Crippen LogP contribution in [0.15, 0.2) is 41.3 Å². The number of hydrogen-bond acceptors (Lipinski definition) is 5. The van der Waals surface area contributed by atoms with Gasteiger partial charge in [0.05, 0.1) is 25.5 Å². The van der Waals surface area contributed by atoms with E-state index in [2.05, 4.69) is 4.98 Å². The van der Waals surface area contributed by atoms with Crippen LogP contribution in [0, 0.1) is 6.92 Å². The Balaban J connectivity index is 2.09. The highest BCUT2D eigenvalue weighted by Crippen LogP contribution is 2.25. The second kappa shape index (κ2) is 7.33. The standard InChI is InChI=1S/C20H18N2O5/c1-12-16(7-4-13-10-15(26-2)6-8-17(13)27-3)21-18-9-5-14(20(24)25)11-22(18)19(12)23/h4-11H,1-3H3,(H,24,25)/b7-4+. The number of aromatic nitrogens is 2. The summed E-state index contributed by atoms with van der Waals surface area (Å²) in [5.41, 5.74) is 1.75. The van der Waals surface area contributed by atoms with Crippen molar-refractivity contribution in [3.8, 4) is 11.5 Å². The van der Waals surface area contributed by atoms with Crippen molar-refractivity contribution in [2.75, 3.05) is 14.2 Å². The molecule has 0 atom stereocenters. The normalized spacial score (nSPS) is 11.1. The van der Waals surface area contributed by atoms with E-state index in [-0.39, 0.29) is 11.1 Å². The second-order valence-corrected chi connectivity index (χ2v) is 5.82. The number of ether oxygens (including phenoxy) is 2. The molecule has 0 aliphatic rings. The average Bonchev–Trinajstić information content (AvgIpc) is 2.68. The molecule has 3 aromatic rings. The number of rotatable bonds is 5. The van der Waals surface area contributed by atoms with E-state index in [1.54, 1.807) is 45.4 Å². The highest BCUT2D eigenvalue weighted by atomic mass is 16.5. The minimum Gasteiger partial charge on any atom is -0.497 e. The van der Waals surface area contributed by atoms with E-state index in [0.717, 1.165) is 5.56 Å². The van der Waals surface area contributed by atoms with E-state index in [1.807, 2.05) is 6.07 Å². The number of pyridine rings is 1. The number of nitrogens with zero attached hydrogens (tertiary/aromatic N) is 2. The number of carbonyl (C=O) groups is 1. The maximum absolute atomic E-state index is 12.6. The van der Waals surface area contributed by atoms with Crippen molar-refractivity contribution < 1.29 is 19.4 Å². The minimum atomic E-state index is -1.10. The SMILES string of the molecule is COc1ccc(OC)c(/C=C/c2nc3ccc(C(=O)O)cn3c(=O)c2C)c1. The van der Waals surface area contributed by atoms with E-state index < -0.39 is 5.97 Å². The van der Waals surface area contributed by atoms with E-state index >= 15 is 0 Å². The van der Waals surface area contributed by atoms with Crippen LogP contribution >= 0.6 is 0 Å². The fourth-order valence-electron chi connectivity index (χ4n) is 2.67. The monoisotopic (exact) mass is 366 g/mol. The average molecular weight is 366 g/mol. The Kier molecular flexibility index (Phi) is 4.94. The number of fused-ring (bicyclic) bond motifs is 1. The Bertz CT molecular complexity index is 1120. The molecule has 0 bridgehead atoms. The van der Waals surface area contributed by atoms with Crippen LogP contribution in [-0.2, 0) is 0 Å². The molecule has 0 aliphatic carbocycles. The van der Waals surface area contributed by atoms with Crippen LogP contribution in [0.25, 0.3) is 17.8 Å². The van der Waals surface area contributed by atoms with Crippen molar-refractivity contribution in [1.82, 2.24) is 9.38 Å². The van der Waals surface area contributed by atoms with Crippen molar-refractivity contribution in [2.24, 2.45) is 0 Å². The van der Waals surface area contributed by atoms with Crippen molar-refractivity contribution in [3.63, 3.8) is 0 Å². The lowest BCUT2D eigenvalue weighted by atomic mass is 10.1. The third kappa shape index (κ3) is 3.52. The highest BCUT2D eigenvalue weighted by molar-refractivity contribution is 5.87. The third-order valence-electron chi connectivity index (χ3n) is 4.19. The molecule has 27 heavy (non-hydrogen) atoms. The Labute approximate surface area is 155 Å². The molecule has 0 fully saturated rings. The van der Waals surface area contributed by atoms with Crippen LogP contribution in [0.5, 0.6) is 11.5 Å². The van der Waals surface area contributed by atoms with Crippen molar-refractivity contribution in [2.45, 2.75) is 6.92 Å². The fourth-order valence-corrected chi connectivity index (χ4v) is 2.67. The molecule has 0 amide bonds. The molecule has 138 valence electrons. The van der Waals surface area contributed by atoms with Crippen LogP contribution in [0.2, 0.25) is 0 Å². The third-order valence-corrected chi connectivity index (χ3v) is 4.19. The Morgan fingerprint density at radius 2 is 1.93 bits per heavy atom. The highest BCUT2D eigenvalue weighted by Gasteiger charge is 2.10. The molecule has 2 heterocycles.